The Labute approximate surface area is 152 Å². The topological polar surface area (TPSA) is 77.2 Å². The van der Waals surface area contributed by atoms with Crippen molar-refractivity contribution in [2.75, 3.05) is 17.7 Å². The van der Waals surface area contributed by atoms with Crippen molar-refractivity contribution in [1.29, 1.82) is 0 Å². The Morgan fingerprint density at radius 3 is 2.88 bits per heavy atom. The van der Waals surface area contributed by atoms with E-state index in [-0.39, 0.29) is 23.4 Å². The highest BCUT2D eigenvalue weighted by molar-refractivity contribution is 9.10. The van der Waals surface area contributed by atoms with Crippen molar-refractivity contribution in [2.24, 2.45) is 0 Å². The zero-order valence-corrected chi connectivity index (χ0v) is 14.9. The SMILES string of the molecule is CCOC(=O)c1cc(Br)cc(Nc2ccnc3c(F)cccc23)c1N. The summed E-state index contributed by atoms with van der Waals surface area (Å²) in [5, 5.41) is 3.76. The lowest BCUT2D eigenvalue weighted by atomic mass is 10.1. The van der Waals surface area contributed by atoms with Crippen molar-refractivity contribution in [1.82, 2.24) is 4.98 Å². The molecule has 0 atom stereocenters. The number of hydrogen-bond donors (Lipinski definition) is 2. The molecule has 0 aliphatic heterocycles. The first-order valence-corrected chi connectivity index (χ1v) is 8.37. The molecule has 3 rings (SSSR count). The number of nitrogen functional groups attached to an aromatic ring is 1. The molecule has 0 fully saturated rings. The molecule has 1 aromatic heterocycles. The Balaban J connectivity index is 2.07. The maximum atomic E-state index is 13.9. The van der Waals surface area contributed by atoms with Gasteiger partial charge in [0.25, 0.3) is 0 Å². The first-order chi connectivity index (χ1) is 12.0. The van der Waals surface area contributed by atoms with Crippen LogP contribution >= 0.6 is 15.9 Å². The van der Waals surface area contributed by atoms with Gasteiger partial charge in [-0.3, -0.25) is 4.98 Å². The quantitative estimate of drug-likeness (QED) is 0.490. The van der Waals surface area contributed by atoms with Crippen molar-refractivity contribution in [3.63, 3.8) is 0 Å². The average molecular weight is 404 g/mol. The normalized spacial score (nSPS) is 10.7. The molecule has 2 aromatic carbocycles. The molecule has 1 heterocycles. The highest BCUT2D eigenvalue weighted by Crippen LogP contribution is 2.33. The van der Waals surface area contributed by atoms with Gasteiger partial charge >= 0.3 is 5.97 Å². The van der Waals surface area contributed by atoms with E-state index in [1.807, 2.05) is 0 Å². The van der Waals surface area contributed by atoms with E-state index in [0.717, 1.165) is 0 Å². The number of aromatic nitrogens is 1. The van der Waals surface area contributed by atoms with Crippen LogP contribution in [0.4, 0.5) is 21.5 Å². The molecule has 0 aliphatic carbocycles. The maximum absolute atomic E-state index is 13.9. The Morgan fingerprint density at radius 1 is 1.32 bits per heavy atom. The van der Waals surface area contributed by atoms with Crippen LogP contribution < -0.4 is 11.1 Å². The fourth-order valence-corrected chi connectivity index (χ4v) is 2.95. The van der Waals surface area contributed by atoms with Gasteiger partial charge in [-0.1, -0.05) is 28.1 Å². The van der Waals surface area contributed by atoms with E-state index in [1.54, 1.807) is 37.3 Å². The second-order valence-corrected chi connectivity index (χ2v) is 6.17. The Hall–Kier alpha value is -2.67. The van der Waals surface area contributed by atoms with E-state index < -0.39 is 11.8 Å². The second-order valence-electron chi connectivity index (χ2n) is 5.25. The summed E-state index contributed by atoms with van der Waals surface area (Å²) in [7, 11) is 0. The second kappa shape index (κ2) is 7.06. The molecule has 0 spiro atoms. The number of nitrogens with two attached hydrogens (primary N) is 1. The minimum atomic E-state index is -0.505. The van der Waals surface area contributed by atoms with Crippen molar-refractivity contribution in [2.45, 2.75) is 6.92 Å². The summed E-state index contributed by atoms with van der Waals surface area (Å²) in [4.78, 5) is 16.1. The van der Waals surface area contributed by atoms with E-state index in [1.165, 1.54) is 12.3 Å². The molecule has 3 N–H and O–H groups in total. The van der Waals surface area contributed by atoms with E-state index in [0.29, 0.717) is 21.2 Å². The molecule has 0 unspecified atom stereocenters. The van der Waals surface area contributed by atoms with Crippen LogP contribution in [-0.4, -0.2) is 17.6 Å². The summed E-state index contributed by atoms with van der Waals surface area (Å²) >= 11 is 3.37. The number of benzene rings is 2. The van der Waals surface area contributed by atoms with Crippen molar-refractivity contribution < 1.29 is 13.9 Å². The Kier molecular flexibility index (Phi) is 4.85. The summed E-state index contributed by atoms with van der Waals surface area (Å²) in [5.41, 5.74) is 8.03. The fraction of sp³-hybridized carbons (Fsp3) is 0.111. The zero-order valence-electron chi connectivity index (χ0n) is 13.3. The minimum absolute atomic E-state index is 0.252. The van der Waals surface area contributed by atoms with Gasteiger partial charge in [-0.2, -0.15) is 0 Å². The number of pyridine rings is 1. The van der Waals surface area contributed by atoms with Gasteiger partial charge < -0.3 is 15.8 Å². The summed E-state index contributed by atoms with van der Waals surface area (Å²) in [6.07, 6.45) is 1.51. The molecular formula is C18H15BrFN3O2. The van der Waals surface area contributed by atoms with Crippen molar-refractivity contribution in [3.8, 4) is 0 Å². The van der Waals surface area contributed by atoms with Crippen LogP contribution in [0.1, 0.15) is 17.3 Å². The number of hydrogen-bond acceptors (Lipinski definition) is 5. The number of halogens is 2. The van der Waals surface area contributed by atoms with Crippen LogP contribution in [0.15, 0.2) is 47.1 Å². The van der Waals surface area contributed by atoms with Gasteiger partial charge in [0, 0.05) is 21.7 Å². The third-order valence-corrected chi connectivity index (χ3v) is 4.09. The molecule has 0 aliphatic rings. The van der Waals surface area contributed by atoms with Crippen molar-refractivity contribution in [3.05, 3.63) is 58.4 Å². The number of esters is 1. The van der Waals surface area contributed by atoms with Crippen LogP contribution in [0.2, 0.25) is 0 Å². The minimum Gasteiger partial charge on any atom is -0.462 e. The standard InChI is InChI=1S/C18H15BrFN3O2/c1-2-25-18(24)12-8-10(19)9-15(16(12)21)23-14-6-7-22-17-11(14)4-3-5-13(17)20/h3-9H,2,21H2,1H3,(H,22,23). The van der Waals surface area contributed by atoms with Gasteiger partial charge in [0.15, 0.2) is 0 Å². The van der Waals surface area contributed by atoms with Gasteiger partial charge in [-0.15, -0.1) is 0 Å². The molecular weight excluding hydrogens is 389 g/mol. The number of anilines is 3. The summed E-state index contributed by atoms with van der Waals surface area (Å²) < 4.78 is 19.6. The molecule has 0 saturated heterocycles. The van der Waals surface area contributed by atoms with Crippen LogP contribution in [0.25, 0.3) is 10.9 Å². The Bertz CT molecular complexity index is 962. The van der Waals surface area contributed by atoms with Crippen LogP contribution in [0, 0.1) is 5.82 Å². The average Bonchev–Trinajstić information content (AvgIpc) is 2.59. The van der Waals surface area contributed by atoms with E-state index >= 15 is 0 Å². The Morgan fingerprint density at radius 2 is 2.12 bits per heavy atom. The summed E-state index contributed by atoms with van der Waals surface area (Å²) in [6, 6.07) is 9.77. The molecule has 3 aromatic rings. The van der Waals surface area contributed by atoms with E-state index in [2.05, 4.69) is 26.2 Å². The number of carbonyl (C=O) groups is 1. The lowest BCUT2D eigenvalue weighted by molar-refractivity contribution is 0.0527. The monoisotopic (exact) mass is 403 g/mol. The first kappa shape index (κ1) is 17.2. The van der Waals surface area contributed by atoms with Gasteiger partial charge in [0.2, 0.25) is 0 Å². The third kappa shape index (κ3) is 3.41. The largest absolute Gasteiger partial charge is 0.462 e. The first-order valence-electron chi connectivity index (χ1n) is 7.57. The molecule has 0 saturated carbocycles. The summed E-state index contributed by atoms with van der Waals surface area (Å²) in [6.45, 7) is 1.98. The van der Waals surface area contributed by atoms with Gasteiger partial charge in [-0.25, -0.2) is 9.18 Å². The molecule has 128 valence electrons. The molecule has 0 amide bonds. The predicted octanol–water partition coefficient (Wildman–Crippen LogP) is 4.64. The molecule has 7 heteroatoms. The highest BCUT2D eigenvalue weighted by Gasteiger charge is 2.16. The third-order valence-electron chi connectivity index (χ3n) is 3.63. The zero-order chi connectivity index (χ0) is 18.0. The number of nitrogens with zero attached hydrogens (tertiary/aromatic N) is 1. The predicted molar refractivity (Wildman–Crippen MR) is 99.5 cm³/mol. The van der Waals surface area contributed by atoms with Gasteiger partial charge in [0.05, 0.1) is 23.5 Å². The summed E-state index contributed by atoms with van der Waals surface area (Å²) in [5.74, 6) is -0.912. The van der Waals surface area contributed by atoms with E-state index in [9.17, 15) is 9.18 Å². The fourth-order valence-electron chi connectivity index (χ4n) is 2.49. The van der Waals surface area contributed by atoms with Crippen LogP contribution in [-0.2, 0) is 4.74 Å². The number of para-hydroxylation sites is 1. The van der Waals surface area contributed by atoms with Gasteiger partial charge in [0.1, 0.15) is 11.3 Å². The molecule has 0 bridgehead atoms. The number of carbonyl (C=O) groups excluding carboxylic acids is 1. The van der Waals surface area contributed by atoms with Gasteiger partial charge in [-0.05, 0) is 31.2 Å². The lowest BCUT2D eigenvalue weighted by Crippen LogP contribution is -2.10. The number of fused-ring (bicyclic) bond motifs is 1. The van der Waals surface area contributed by atoms with Crippen molar-refractivity contribution >= 4 is 49.9 Å². The molecule has 0 radical (unpaired) electrons. The lowest BCUT2D eigenvalue weighted by Gasteiger charge is -2.15. The molecule has 25 heavy (non-hydrogen) atoms. The maximum Gasteiger partial charge on any atom is 0.340 e. The van der Waals surface area contributed by atoms with Crippen LogP contribution in [0.3, 0.4) is 0 Å². The number of nitrogens with one attached hydrogen (secondary N) is 1. The van der Waals surface area contributed by atoms with Crippen LogP contribution in [0.5, 0.6) is 0 Å². The number of ether oxygens (including phenoxy) is 1. The molecule has 5 nitrogen and oxygen atoms in total. The highest BCUT2D eigenvalue weighted by atomic mass is 79.9. The smallest absolute Gasteiger partial charge is 0.340 e. The number of rotatable bonds is 4. The van der Waals surface area contributed by atoms with E-state index in [4.69, 9.17) is 10.5 Å².